The second-order valence-electron chi connectivity index (χ2n) is 5.64. The van der Waals surface area contributed by atoms with Crippen LogP contribution >= 0.6 is 7.60 Å². The Hall–Kier alpha value is -1.51. The first-order valence-corrected chi connectivity index (χ1v) is 9.31. The molecule has 0 spiro atoms. The molecule has 1 heterocycles. The van der Waals surface area contributed by atoms with Crippen LogP contribution < -0.4 is 11.1 Å². The maximum atomic E-state index is 11.2. The number of aryl methyl sites for hydroxylation is 1. The molecule has 0 fully saturated rings. The number of carbonyl (C=O) groups is 1. The Balaban J connectivity index is 2.56. The van der Waals surface area contributed by atoms with Gasteiger partial charge in [0.25, 0.3) is 0 Å². The third kappa shape index (κ3) is 6.94. The van der Waals surface area contributed by atoms with Gasteiger partial charge < -0.3 is 31.1 Å². The highest BCUT2D eigenvalue weighted by molar-refractivity contribution is 7.50. The van der Waals surface area contributed by atoms with Gasteiger partial charge in [-0.2, -0.15) is 0 Å². The summed E-state index contributed by atoms with van der Waals surface area (Å²) >= 11 is 0. The molecule has 0 amide bonds. The lowest BCUT2D eigenvalue weighted by Crippen LogP contribution is -2.30. The topological polar surface area (TPSA) is 166 Å². The van der Waals surface area contributed by atoms with E-state index in [1.54, 1.807) is 6.92 Å². The maximum Gasteiger partial charge on any atom is 0.329 e. The van der Waals surface area contributed by atoms with E-state index in [9.17, 15) is 14.5 Å². The molecule has 0 saturated carbocycles. The number of nitrogens with one attached hydrogen (secondary N) is 1. The predicted octanol–water partition coefficient (Wildman–Crippen LogP) is 0.445. The van der Waals surface area contributed by atoms with Crippen LogP contribution in [-0.4, -0.2) is 43.5 Å². The smallest absolute Gasteiger partial charge is 0.329 e. The van der Waals surface area contributed by atoms with Crippen molar-refractivity contribution in [1.82, 2.24) is 10.3 Å². The number of nitrogens with zero attached hydrogens (tertiary/aromatic N) is 1. The van der Waals surface area contributed by atoms with Gasteiger partial charge in [-0.25, -0.2) is 0 Å². The van der Waals surface area contributed by atoms with E-state index >= 15 is 0 Å². The number of pyridine rings is 1. The zero-order valence-electron chi connectivity index (χ0n) is 13.5. The van der Waals surface area contributed by atoms with E-state index in [2.05, 4.69) is 10.3 Å². The molecule has 0 aliphatic rings. The summed E-state index contributed by atoms with van der Waals surface area (Å²) in [6.45, 7) is 2.39. The fraction of sp³-hybridized carbons (Fsp3) is 0.571. The minimum Gasteiger partial charge on any atom is -0.506 e. The molecule has 0 aliphatic heterocycles. The van der Waals surface area contributed by atoms with Crippen LogP contribution in [0.15, 0.2) is 6.20 Å². The summed E-state index contributed by atoms with van der Waals surface area (Å²) in [5.41, 5.74) is 6.49. The van der Waals surface area contributed by atoms with Gasteiger partial charge in [-0.3, -0.25) is 14.3 Å². The average Bonchev–Trinajstić information content (AvgIpc) is 2.47. The zero-order chi connectivity index (χ0) is 18.3. The summed E-state index contributed by atoms with van der Waals surface area (Å²) in [7, 11) is -4.27. The standard InChI is InChI=1S/C14H24N3O6P/c1-9-13(18)11(10(6-17-9)8-24(21,22)23)7-16-5-3-2-4-12(15)14(19)20/h6,12,16,18H,2-5,7-8,15H2,1H3,(H,19,20)(H2,21,22,23)/t12-/m0/s1. The van der Waals surface area contributed by atoms with Crippen LogP contribution in [-0.2, 0) is 22.1 Å². The van der Waals surface area contributed by atoms with Crippen molar-refractivity contribution >= 4 is 13.6 Å². The number of carboxylic acids is 1. The SMILES string of the molecule is Cc1ncc(CP(=O)(O)O)c(CNCCCC[C@H](N)C(=O)O)c1O. The molecule has 136 valence electrons. The first kappa shape index (κ1) is 20.5. The maximum absolute atomic E-state index is 11.2. The van der Waals surface area contributed by atoms with E-state index in [1.807, 2.05) is 0 Å². The number of aliphatic carboxylic acids is 1. The number of hydrogen-bond donors (Lipinski definition) is 6. The van der Waals surface area contributed by atoms with Gasteiger partial charge in [0.2, 0.25) is 0 Å². The molecule has 10 heteroatoms. The second kappa shape index (κ2) is 9.10. The van der Waals surface area contributed by atoms with Crippen LogP contribution in [0.5, 0.6) is 5.75 Å². The molecular weight excluding hydrogens is 337 g/mol. The van der Waals surface area contributed by atoms with Gasteiger partial charge in [0.15, 0.2) is 0 Å². The molecule has 24 heavy (non-hydrogen) atoms. The second-order valence-corrected chi connectivity index (χ2v) is 7.28. The van der Waals surface area contributed by atoms with Gasteiger partial charge in [-0.15, -0.1) is 0 Å². The highest BCUT2D eigenvalue weighted by atomic mass is 31.2. The number of carboxylic acid groups (broad SMARTS) is 1. The van der Waals surface area contributed by atoms with Gasteiger partial charge in [0.05, 0.1) is 11.9 Å². The Bertz CT molecular complexity index is 619. The van der Waals surface area contributed by atoms with Crippen molar-refractivity contribution in [2.45, 2.75) is 44.9 Å². The zero-order valence-corrected chi connectivity index (χ0v) is 14.4. The number of aromatic nitrogens is 1. The lowest BCUT2D eigenvalue weighted by atomic mass is 10.1. The third-order valence-corrected chi connectivity index (χ3v) is 4.30. The van der Waals surface area contributed by atoms with E-state index in [0.29, 0.717) is 42.6 Å². The number of rotatable bonds is 10. The van der Waals surface area contributed by atoms with E-state index in [0.717, 1.165) is 0 Å². The van der Waals surface area contributed by atoms with E-state index in [-0.39, 0.29) is 12.3 Å². The predicted molar refractivity (Wildman–Crippen MR) is 87.6 cm³/mol. The molecule has 0 saturated heterocycles. The monoisotopic (exact) mass is 361 g/mol. The van der Waals surface area contributed by atoms with Crippen molar-refractivity contribution in [2.24, 2.45) is 5.73 Å². The van der Waals surface area contributed by atoms with Gasteiger partial charge >= 0.3 is 13.6 Å². The summed E-state index contributed by atoms with van der Waals surface area (Å²) in [6.07, 6.45) is 2.58. The molecule has 1 atom stereocenters. The molecule has 0 aromatic carbocycles. The Labute approximate surface area is 140 Å². The van der Waals surface area contributed by atoms with Crippen molar-refractivity contribution in [3.8, 4) is 5.75 Å². The average molecular weight is 361 g/mol. The van der Waals surface area contributed by atoms with Gasteiger partial charge in [-0.1, -0.05) is 6.42 Å². The van der Waals surface area contributed by atoms with Crippen LogP contribution in [0.1, 0.15) is 36.1 Å². The first-order chi connectivity index (χ1) is 11.1. The Morgan fingerprint density at radius 3 is 2.67 bits per heavy atom. The number of hydrogen-bond acceptors (Lipinski definition) is 6. The summed E-state index contributed by atoms with van der Waals surface area (Å²) in [5.74, 6) is -1.11. The summed E-state index contributed by atoms with van der Waals surface area (Å²) in [4.78, 5) is 32.7. The molecule has 1 rings (SSSR count). The largest absolute Gasteiger partial charge is 0.506 e. The van der Waals surface area contributed by atoms with Crippen LogP contribution in [0.2, 0.25) is 0 Å². The highest BCUT2D eigenvalue weighted by Crippen LogP contribution is 2.41. The molecule has 9 nitrogen and oxygen atoms in total. The minimum atomic E-state index is -4.27. The summed E-state index contributed by atoms with van der Waals surface area (Å²) in [6, 6.07) is -0.869. The Morgan fingerprint density at radius 2 is 2.08 bits per heavy atom. The fourth-order valence-corrected chi connectivity index (χ4v) is 2.91. The Morgan fingerprint density at radius 1 is 1.42 bits per heavy atom. The van der Waals surface area contributed by atoms with Crippen molar-refractivity contribution in [1.29, 1.82) is 0 Å². The lowest BCUT2D eigenvalue weighted by molar-refractivity contribution is -0.138. The Kier molecular flexibility index (Phi) is 7.78. The van der Waals surface area contributed by atoms with E-state index in [1.165, 1.54) is 6.20 Å². The van der Waals surface area contributed by atoms with Gasteiger partial charge in [0, 0.05) is 18.3 Å². The quantitative estimate of drug-likeness (QED) is 0.256. The molecule has 0 radical (unpaired) electrons. The minimum absolute atomic E-state index is 0.0821. The van der Waals surface area contributed by atoms with Crippen LogP contribution in [0.25, 0.3) is 0 Å². The fourth-order valence-electron chi connectivity index (χ4n) is 2.19. The summed E-state index contributed by atoms with van der Waals surface area (Å²) < 4.78 is 11.2. The summed E-state index contributed by atoms with van der Waals surface area (Å²) in [5, 5.41) is 21.8. The molecule has 0 aliphatic carbocycles. The van der Waals surface area contributed by atoms with Crippen molar-refractivity contribution in [2.75, 3.05) is 6.54 Å². The van der Waals surface area contributed by atoms with Crippen LogP contribution in [0, 0.1) is 6.92 Å². The van der Waals surface area contributed by atoms with E-state index in [4.69, 9.17) is 20.6 Å². The highest BCUT2D eigenvalue weighted by Gasteiger charge is 2.20. The first-order valence-electron chi connectivity index (χ1n) is 7.52. The van der Waals surface area contributed by atoms with E-state index < -0.39 is 25.8 Å². The van der Waals surface area contributed by atoms with Crippen molar-refractivity contribution in [3.05, 3.63) is 23.0 Å². The number of aromatic hydroxyl groups is 1. The van der Waals surface area contributed by atoms with Gasteiger partial charge in [0.1, 0.15) is 11.8 Å². The molecule has 0 bridgehead atoms. The molecule has 7 N–H and O–H groups in total. The molecule has 1 aromatic rings. The van der Waals surface area contributed by atoms with Crippen molar-refractivity contribution < 1.29 is 29.4 Å². The third-order valence-electron chi connectivity index (χ3n) is 3.54. The molecule has 1 aromatic heterocycles. The normalized spacial score (nSPS) is 13.0. The van der Waals surface area contributed by atoms with Crippen LogP contribution in [0.4, 0.5) is 0 Å². The van der Waals surface area contributed by atoms with Gasteiger partial charge in [-0.05, 0) is 31.9 Å². The van der Waals surface area contributed by atoms with Crippen LogP contribution in [0.3, 0.4) is 0 Å². The number of unbranched alkanes of at least 4 members (excludes halogenated alkanes) is 1. The molecular formula is C14H24N3O6P. The van der Waals surface area contributed by atoms with Crippen molar-refractivity contribution in [3.63, 3.8) is 0 Å². The lowest BCUT2D eigenvalue weighted by Gasteiger charge is -2.14. The number of nitrogens with two attached hydrogens (primary N) is 1. The molecule has 0 unspecified atom stereocenters.